The van der Waals surface area contributed by atoms with Crippen LogP contribution in [0.4, 0.5) is 32.0 Å². The lowest BCUT2D eigenvalue weighted by molar-refractivity contribution is -0.143. The predicted molar refractivity (Wildman–Crippen MR) is 111 cm³/mol. The van der Waals surface area contributed by atoms with Gasteiger partial charge in [-0.05, 0) is 43.3 Å². The fraction of sp³-hybridized carbons (Fsp3) is 0.263. The molecule has 2 rings (SSSR count). The van der Waals surface area contributed by atoms with Crippen molar-refractivity contribution in [3.63, 3.8) is 0 Å². The fourth-order valence-electron chi connectivity index (χ4n) is 2.32. The van der Waals surface area contributed by atoms with Crippen LogP contribution in [0.2, 0.25) is 5.02 Å². The van der Waals surface area contributed by atoms with E-state index in [-0.39, 0.29) is 29.2 Å². The monoisotopic (exact) mass is 551 g/mol. The van der Waals surface area contributed by atoms with Gasteiger partial charge in [0.25, 0.3) is 5.91 Å². The van der Waals surface area contributed by atoms with Crippen LogP contribution in [0.15, 0.2) is 36.4 Å². The minimum Gasteiger partial charge on any atom is -0.466 e. The average molecular weight is 552 g/mol. The van der Waals surface area contributed by atoms with Gasteiger partial charge in [0.15, 0.2) is 0 Å². The lowest BCUT2D eigenvalue weighted by atomic mass is 10.1. The fourth-order valence-corrected chi connectivity index (χ4v) is 2.90. The summed E-state index contributed by atoms with van der Waals surface area (Å²) in [6, 6.07) is 3.25. The highest BCUT2D eigenvalue weighted by Crippen LogP contribution is 2.41. The number of benzene rings is 2. The lowest BCUT2D eigenvalue weighted by Gasteiger charge is -2.16. The molecule has 0 fully saturated rings. The Hall–Kier alpha value is -2.80. The quantitative estimate of drug-likeness (QED) is 0.249. The maximum Gasteiger partial charge on any atom is 0.524 e. The number of halogens is 7. The molecule has 0 spiro atoms. The molecular formula is C19H17ClF6NO7P. The average Bonchev–Trinajstić information content (AvgIpc) is 2.67. The van der Waals surface area contributed by atoms with Crippen molar-refractivity contribution in [2.45, 2.75) is 26.2 Å². The van der Waals surface area contributed by atoms with Crippen molar-refractivity contribution in [1.29, 1.82) is 0 Å². The molecule has 1 amide bonds. The topological polar surface area (TPSA) is 122 Å². The number of rotatable bonds is 5. The van der Waals surface area contributed by atoms with Gasteiger partial charge in [-0.15, -0.1) is 0 Å². The van der Waals surface area contributed by atoms with Crippen LogP contribution in [-0.2, 0) is 26.4 Å². The Morgan fingerprint density at radius 1 is 1.00 bits per heavy atom. The van der Waals surface area contributed by atoms with Crippen molar-refractivity contribution in [2.24, 2.45) is 0 Å². The first-order chi connectivity index (χ1) is 15.8. The van der Waals surface area contributed by atoms with Gasteiger partial charge >= 0.3 is 26.1 Å². The molecule has 0 atom stereocenters. The number of hydrogen-bond donors (Lipinski definition) is 3. The molecule has 0 radical (unpaired) electrons. The van der Waals surface area contributed by atoms with E-state index in [9.17, 15) is 40.5 Å². The first-order valence-electron chi connectivity index (χ1n) is 9.12. The molecule has 0 bridgehead atoms. The highest BCUT2D eigenvalue weighted by molar-refractivity contribution is 7.46. The maximum atomic E-state index is 12.9. The Bertz CT molecular complexity index is 1090. The Morgan fingerprint density at radius 2 is 1.51 bits per heavy atom. The highest BCUT2D eigenvalue weighted by Gasteiger charge is 2.37. The number of ether oxygens (including phenoxy) is 1. The third kappa shape index (κ3) is 10.6. The minimum absolute atomic E-state index is 0.117. The molecule has 2 aromatic rings. The van der Waals surface area contributed by atoms with E-state index in [1.165, 1.54) is 6.92 Å². The zero-order chi connectivity index (χ0) is 27.2. The SMILES string of the molecule is CCOC(C)=O.O=C(Nc1cc(C(F)(F)F)cc(C(F)(F)F)c1)c1cc(Cl)ccc1OP(=O)(O)O. The molecule has 35 heavy (non-hydrogen) atoms. The molecule has 8 nitrogen and oxygen atoms in total. The number of alkyl halides is 6. The number of phosphoric acid groups is 1. The van der Waals surface area contributed by atoms with Gasteiger partial charge in [-0.25, -0.2) is 4.57 Å². The number of esters is 1. The van der Waals surface area contributed by atoms with Crippen LogP contribution in [0, 0.1) is 0 Å². The van der Waals surface area contributed by atoms with Gasteiger partial charge in [0.1, 0.15) is 5.75 Å². The van der Waals surface area contributed by atoms with Gasteiger partial charge in [-0.1, -0.05) is 11.6 Å². The van der Waals surface area contributed by atoms with Crippen molar-refractivity contribution in [2.75, 3.05) is 11.9 Å². The van der Waals surface area contributed by atoms with Crippen molar-refractivity contribution in [3.8, 4) is 5.75 Å². The summed E-state index contributed by atoms with van der Waals surface area (Å²) in [5, 5.41) is 1.69. The Balaban J connectivity index is 0.000000905. The molecule has 0 heterocycles. The van der Waals surface area contributed by atoms with Crippen LogP contribution in [0.25, 0.3) is 0 Å². The van der Waals surface area contributed by atoms with Gasteiger partial charge in [0, 0.05) is 17.6 Å². The van der Waals surface area contributed by atoms with E-state index in [2.05, 4.69) is 9.26 Å². The van der Waals surface area contributed by atoms with E-state index in [1.807, 2.05) is 0 Å². The molecule has 0 aromatic heterocycles. The van der Waals surface area contributed by atoms with Crippen LogP contribution in [0.5, 0.6) is 5.75 Å². The maximum absolute atomic E-state index is 12.9. The Labute approximate surface area is 199 Å². The normalized spacial score (nSPS) is 11.7. The molecule has 0 aliphatic carbocycles. The summed E-state index contributed by atoms with van der Waals surface area (Å²) in [6.45, 7) is 3.65. The summed E-state index contributed by atoms with van der Waals surface area (Å²) >= 11 is 5.68. The zero-order valence-corrected chi connectivity index (χ0v) is 19.4. The molecule has 0 saturated carbocycles. The molecule has 194 valence electrons. The second kappa shape index (κ2) is 11.8. The van der Waals surface area contributed by atoms with Gasteiger partial charge in [0.05, 0.1) is 23.3 Å². The third-order valence-electron chi connectivity index (χ3n) is 3.60. The van der Waals surface area contributed by atoms with Crippen molar-refractivity contribution in [1.82, 2.24) is 0 Å². The largest absolute Gasteiger partial charge is 0.524 e. The van der Waals surface area contributed by atoms with Crippen LogP contribution < -0.4 is 9.84 Å². The molecule has 16 heteroatoms. The summed E-state index contributed by atoms with van der Waals surface area (Å²) < 4.78 is 97.0. The predicted octanol–water partition coefficient (Wildman–Crippen LogP) is 5.67. The first-order valence-corrected chi connectivity index (χ1v) is 11.0. The number of anilines is 1. The van der Waals surface area contributed by atoms with Crippen molar-refractivity contribution in [3.05, 3.63) is 58.1 Å². The number of hydrogen-bond acceptors (Lipinski definition) is 5. The molecule has 0 unspecified atom stereocenters. The Morgan fingerprint density at radius 3 is 1.89 bits per heavy atom. The number of nitrogens with one attached hydrogen (secondary N) is 1. The first kappa shape index (κ1) is 30.2. The van der Waals surface area contributed by atoms with Gasteiger partial charge in [-0.2, -0.15) is 26.3 Å². The van der Waals surface area contributed by atoms with E-state index >= 15 is 0 Å². The molecule has 0 aliphatic heterocycles. The van der Waals surface area contributed by atoms with Gasteiger partial charge < -0.3 is 14.6 Å². The van der Waals surface area contributed by atoms with Gasteiger partial charge in [-0.3, -0.25) is 19.4 Å². The standard InChI is InChI=1S/C15H9ClF6NO5P.C4H8O2/c16-9-1-2-12(28-29(25,26)27)11(6-9)13(24)23-10-4-7(14(17,18)19)3-8(5-10)15(20,21)22;1-3-6-4(2)5/h1-6H,(H,23,24)(H2,25,26,27);3H2,1-2H3. The summed E-state index contributed by atoms with van der Waals surface area (Å²) in [7, 11) is -5.13. The summed E-state index contributed by atoms with van der Waals surface area (Å²) in [4.78, 5) is 39.9. The third-order valence-corrected chi connectivity index (χ3v) is 4.27. The van der Waals surface area contributed by atoms with Crippen LogP contribution >= 0.6 is 19.4 Å². The second-order valence-electron chi connectivity index (χ2n) is 6.40. The lowest BCUT2D eigenvalue weighted by Crippen LogP contribution is -2.16. The number of amides is 1. The molecule has 3 N–H and O–H groups in total. The van der Waals surface area contributed by atoms with Crippen LogP contribution in [-0.4, -0.2) is 28.3 Å². The van der Waals surface area contributed by atoms with E-state index in [0.29, 0.717) is 6.61 Å². The molecular weight excluding hydrogens is 535 g/mol. The zero-order valence-electron chi connectivity index (χ0n) is 17.7. The number of carbonyl (C=O) groups excluding carboxylic acids is 2. The smallest absolute Gasteiger partial charge is 0.466 e. The van der Waals surface area contributed by atoms with E-state index in [1.54, 1.807) is 12.2 Å². The second-order valence-corrected chi connectivity index (χ2v) is 8.00. The Kier molecular flexibility index (Phi) is 10.2. The molecule has 2 aromatic carbocycles. The minimum atomic E-state index is -5.13. The van der Waals surface area contributed by atoms with E-state index in [0.717, 1.165) is 18.2 Å². The van der Waals surface area contributed by atoms with Crippen LogP contribution in [0.1, 0.15) is 35.3 Å². The van der Waals surface area contributed by atoms with Crippen LogP contribution in [0.3, 0.4) is 0 Å². The van der Waals surface area contributed by atoms with E-state index in [4.69, 9.17) is 21.4 Å². The summed E-state index contributed by atoms with van der Waals surface area (Å²) in [5.74, 6) is -2.22. The number of carbonyl (C=O) groups is 2. The highest BCUT2D eigenvalue weighted by atomic mass is 35.5. The molecule has 0 aliphatic rings. The molecule has 0 saturated heterocycles. The van der Waals surface area contributed by atoms with Gasteiger partial charge in [0.2, 0.25) is 0 Å². The van der Waals surface area contributed by atoms with Crippen molar-refractivity contribution < 1.29 is 59.5 Å². The summed E-state index contributed by atoms with van der Waals surface area (Å²) in [6.07, 6.45) is -10.3. The summed E-state index contributed by atoms with van der Waals surface area (Å²) in [5.41, 5.74) is -4.83. The van der Waals surface area contributed by atoms with Crippen molar-refractivity contribution >= 4 is 37.0 Å². The van der Waals surface area contributed by atoms with E-state index < -0.39 is 54.2 Å². The number of phosphoric ester groups is 1.